The van der Waals surface area contributed by atoms with E-state index in [4.69, 9.17) is 10.5 Å². The van der Waals surface area contributed by atoms with Crippen LogP contribution in [0.5, 0.6) is 0 Å². The number of morpholine rings is 1. The van der Waals surface area contributed by atoms with Crippen molar-refractivity contribution in [1.82, 2.24) is 9.62 Å². The first-order chi connectivity index (χ1) is 12.0. The molecule has 3 N–H and O–H groups in total. The smallest absolute Gasteiger partial charge is 0.251 e. The van der Waals surface area contributed by atoms with Gasteiger partial charge in [0.2, 0.25) is 10.0 Å². The van der Waals surface area contributed by atoms with Gasteiger partial charge >= 0.3 is 0 Å². The van der Waals surface area contributed by atoms with Crippen molar-refractivity contribution in [3.05, 3.63) is 29.8 Å². The van der Waals surface area contributed by atoms with Crippen LogP contribution in [-0.2, 0) is 14.8 Å². The molecular weight excluding hydrogens is 342 g/mol. The second-order valence-corrected chi connectivity index (χ2v) is 8.63. The third-order valence-electron chi connectivity index (χ3n) is 5.03. The monoisotopic (exact) mass is 367 g/mol. The summed E-state index contributed by atoms with van der Waals surface area (Å²) in [5.74, 6) is -0.272. The van der Waals surface area contributed by atoms with Crippen molar-refractivity contribution in [3.8, 4) is 0 Å². The number of rotatable bonds is 5. The molecule has 25 heavy (non-hydrogen) atoms. The van der Waals surface area contributed by atoms with Crippen molar-refractivity contribution in [2.45, 2.75) is 36.1 Å². The molecule has 8 heteroatoms. The van der Waals surface area contributed by atoms with Gasteiger partial charge in [0, 0.05) is 25.2 Å². The van der Waals surface area contributed by atoms with Gasteiger partial charge in [0.25, 0.3) is 5.91 Å². The van der Waals surface area contributed by atoms with Gasteiger partial charge in [-0.05, 0) is 31.0 Å². The average Bonchev–Trinajstić information content (AvgIpc) is 3.11. The number of nitrogens with zero attached hydrogens (tertiary/aromatic N) is 1. The first kappa shape index (κ1) is 18.3. The number of carbonyl (C=O) groups is 1. The molecule has 2 fully saturated rings. The molecule has 2 aliphatic rings. The molecule has 1 saturated carbocycles. The van der Waals surface area contributed by atoms with Gasteiger partial charge in [-0.15, -0.1) is 0 Å². The van der Waals surface area contributed by atoms with Gasteiger partial charge in [-0.25, -0.2) is 8.42 Å². The number of sulfonamides is 1. The number of nitrogens with one attached hydrogen (secondary N) is 1. The zero-order chi connectivity index (χ0) is 17.9. The third-order valence-corrected chi connectivity index (χ3v) is 6.93. The zero-order valence-corrected chi connectivity index (χ0v) is 15.1. The lowest BCUT2D eigenvalue weighted by atomic mass is 9.97. The van der Waals surface area contributed by atoms with E-state index >= 15 is 0 Å². The summed E-state index contributed by atoms with van der Waals surface area (Å²) in [6, 6.07) is 6.20. The largest absolute Gasteiger partial charge is 0.379 e. The molecule has 138 valence electrons. The molecule has 1 aliphatic carbocycles. The second kappa shape index (κ2) is 7.41. The lowest BCUT2D eigenvalue weighted by Gasteiger charge is -2.29. The molecule has 1 amide bonds. The van der Waals surface area contributed by atoms with E-state index in [2.05, 4.69) is 5.32 Å². The summed E-state index contributed by atoms with van der Waals surface area (Å²) < 4.78 is 32.1. The van der Waals surface area contributed by atoms with Gasteiger partial charge in [-0.2, -0.15) is 4.31 Å². The van der Waals surface area contributed by atoms with E-state index in [0.29, 0.717) is 38.4 Å². The van der Waals surface area contributed by atoms with E-state index in [1.165, 1.54) is 16.4 Å². The van der Waals surface area contributed by atoms with Crippen molar-refractivity contribution in [2.24, 2.45) is 5.73 Å². The Labute approximate surface area is 148 Å². The molecule has 1 heterocycles. The van der Waals surface area contributed by atoms with E-state index < -0.39 is 10.0 Å². The van der Waals surface area contributed by atoms with Gasteiger partial charge in [0.1, 0.15) is 0 Å². The minimum absolute atomic E-state index is 0.135. The van der Waals surface area contributed by atoms with E-state index in [9.17, 15) is 13.2 Å². The molecule has 0 unspecified atom stereocenters. The summed E-state index contributed by atoms with van der Waals surface area (Å²) >= 11 is 0. The van der Waals surface area contributed by atoms with Gasteiger partial charge in [0.15, 0.2) is 0 Å². The zero-order valence-electron chi connectivity index (χ0n) is 14.2. The van der Waals surface area contributed by atoms with Gasteiger partial charge < -0.3 is 15.8 Å². The van der Waals surface area contributed by atoms with E-state index in [-0.39, 0.29) is 16.3 Å². The van der Waals surface area contributed by atoms with Crippen molar-refractivity contribution in [2.75, 3.05) is 32.8 Å². The van der Waals surface area contributed by atoms with Gasteiger partial charge in [-0.3, -0.25) is 4.79 Å². The highest BCUT2D eigenvalue weighted by Crippen LogP contribution is 2.29. The summed E-state index contributed by atoms with van der Waals surface area (Å²) in [6.07, 6.45) is 3.81. The molecule has 0 spiro atoms. The van der Waals surface area contributed by atoms with Crippen LogP contribution in [0.1, 0.15) is 36.0 Å². The Morgan fingerprint density at radius 2 is 1.92 bits per heavy atom. The van der Waals surface area contributed by atoms with Crippen LogP contribution in [0.25, 0.3) is 0 Å². The Hall–Kier alpha value is -1.48. The molecule has 1 saturated heterocycles. The summed E-state index contributed by atoms with van der Waals surface area (Å²) in [5, 5.41) is 3.02. The molecule has 1 aliphatic heterocycles. The van der Waals surface area contributed by atoms with E-state index in [1.54, 1.807) is 12.1 Å². The summed E-state index contributed by atoms with van der Waals surface area (Å²) in [6.45, 7) is 1.82. The maximum Gasteiger partial charge on any atom is 0.251 e. The predicted molar refractivity (Wildman–Crippen MR) is 93.7 cm³/mol. The highest BCUT2D eigenvalue weighted by Gasteiger charge is 2.34. The first-order valence-electron chi connectivity index (χ1n) is 8.67. The molecular formula is C17H25N3O4S. The fourth-order valence-corrected chi connectivity index (χ4v) is 4.93. The number of amides is 1. The van der Waals surface area contributed by atoms with E-state index in [1.807, 2.05) is 0 Å². The molecule has 1 aromatic rings. The maximum absolute atomic E-state index is 12.7. The van der Waals surface area contributed by atoms with Crippen LogP contribution in [0.3, 0.4) is 0 Å². The number of nitrogens with two attached hydrogens (primary N) is 1. The van der Waals surface area contributed by atoms with Crippen LogP contribution in [-0.4, -0.2) is 57.0 Å². The molecule has 7 nitrogen and oxygen atoms in total. The highest BCUT2D eigenvalue weighted by atomic mass is 32.2. The van der Waals surface area contributed by atoms with Crippen LogP contribution in [0, 0.1) is 0 Å². The van der Waals surface area contributed by atoms with Crippen molar-refractivity contribution in [3.63, 3.8) is 0 Å². The fraction of sp³-hybridized carbons (Fsp3) is 0.588. The Kier molecular flexibility index (Phi) is 5.43. The highest BCUT2D eigenvalue weighted by molar-refractivity contribution is 7.89. The minimum atomic E-state index is -3.62. The number of ether oxygens (including phenoxy) is 1. The van der Waals surface area contributed by atoms with Crippen LogP contribution in [0.15, 0.2) is 29.2 Å². The number of carbonyl (C=O) groups excluding carboxylic acids is 1. The number of benzene rings is 1. The fourth-order valence-electron chi connectivity index (χ4n) is 3.48. The van der Waals surface area contributed by atoms with Crippen LogP contribution in [0.4, 0.5) is 0 Å². The lowest BCUT2D eigenvalue weighted by Crippen LogP contribution is -2.51. The van der Waals surface area contributed by atoms with Crippen LogP contribution >= 0.6 is 0 Å². The van der Waals surface area contributed by atoms with Gasteiger partial charge in [0.05, 0.1) is 23.6 Å². The van der Waals surface area contributed by atoms with E-state index in [0.717, 1.165) is 25.7 Å². The van der Waals surface area contributed by atoms with Crippen molar-refractivity contribution in [1.29, 1.82) is 0 Å². The SMILES string of the molecule is NCC1(NC(=O)c2cccc(S(=O)(=O)N3CCOCC3)c2)CCCC1. The molecule has 0 aromatic heterocycles. The predicted octanol–water partition coefficient (Wildman–Crippen LogP) is 0.709. The standard InChI is InChI=1S/C17H25N3O4S/c18-13-17(6-1-2-7-17)19-16(21)14-4-3-5-15(12-14)25(22,23)20-8-10-24-11-9-20/h3-5,12H,1-2,6-11,13,18H2,(H,19,21). The Morgan fingerprint density at radius 3 is 2.56 bits per heavy atom. The number of hydrogen-bond donors (Lipinski definition) is 2. The minimum Gasteiger partial charge on any atom is -0.379 e. The normalized spacial score (nSPS) is 21.2. The average molecular weight is 367 g/mol. The van der Waals surface area contributed by atoms with Crippen LogP contribution < -0.4 is 11.1 Å². The van der Waals surface area contributed by atoms with Crippen molar-refractivity contribution >= 4 is 15.9 Å². The Balaban J connectivity index is 1.80. The first-order valence-corrected chi connectivity index (χ1v) is 10.1. The summed E-state index contributed by atoms with van der Waals surface area (Å²) in [4.78, 5) is 12.8. The molecule has 0 bridgehead atoms. The molecule has 0 atom stereocenters. The van der Waals surface area contributed by atoms with Gasteiger partial charge in [-0.1, -0.05) is 18.9 Å². The topological polar surface area (TPSA) is 102 Å². The molecule has 0 radical (unpaired) electrons. The quantitative estimate of drug-likeness (QED) is 0.798. The summed E-state index contributed by atoms with van der Waals surface area (Å²) in [7, 11) is -3.62. The summed E-state index contributed by atoms with van der Waals surface area (Å²) in [5.41, 5.74) is 5.84. The lowest BCUT2D eigenvalue weighted by molar-refractivity contribution is 0.0730. The van der Waals surface area contributed by atoms with Crippen LogP contribution in [0.2, 0.25) is 0 Å². The molecule has 1 aromatic carbocycles. The number of hydrogen-bond acceptors (Lipinski definition) is 5. The Bertz CT molecular complexity index is 723. The maximum atomic E-state index is 12.7. The van der Waals surface area contributed by atoms with Crippen molar-refractivity contribution < 1.29 is 17.9 Å². The third kappa shape index (κ3) is 3.87. The second-order valence-electron chi connectivity index (χ2n) is 6.69. The Morgan fingerprint density at radius 1 is 1.24 bits per heavy atom. The molecule has 3 rings (SSSR count).